The second-order valence-electron chi connectivity index (χ2n) is 5.20. The van der Waals surface area contributed by atoms with Gasteiger partial charge in [0, 0.05) is 11.0 Å². The van der Waals surface area contributed by atoms with Crippen LogP contribution in [-0.4, -0.2) is 20.6 Å². The van der Waals surface area contributed by atoms with Gasteiger partial charge in [-0.25, -0.2) is 0 Å². The Labute approximate surface area is 134 Å². The Balaban J connectivity index is 2.69. The predicted octanol–water partition coefficient (Wildman–Crippen LogP) is 3.14. The van der Waals surface area contributed by atoms with Crippen molar-refractivity contribution in [2.75, 3.05) is 6.26 Å². The number of carbonyl (C=O) groups is 1. The highest BCUT2D eigenvalue weighted by Gasteiger charge is 2.38. The lowest BCUT2D eigenvalue weighted by Gasteiger charge is -2.32. The van der Waals surface area contributed by atoms with Crippen LogP contribution in [0.4, 0.5) is 0 Å². The first kappa shape index (κ1) is 15.8. The van der Waals surface area contributed by atoms with Crippen LogP contribution in [0.15, 0.2) is 15.0 Å². The van der Waals surface area contributed by atoms with Crippen molar-refractivity contribution < 1.29 is 22.1 Å². The van der Waals surface area contributed by atoms with E-state index in [1.807, 2.05) is 13.8 Å². The molecule has 0 aliphatic carbocycles. The maximum Gasteiger partial charge on any atom is 0.312 e. The second-order valence-corrected chi connectivity index (χ2v) is 8.42. The molecule has 0 fully saturated rings. The average Bonchev–Trinajstić information content (AvgIpc) is 2.19. The first-order valence-electron chi connectivity index (χ1n) is 5.64. The summed E-state index contributed by atoms with van der Waals surface area (Å²) in [5.41, 5.74) is 0.221. The predicted molar refractivity (Wildman–Crippen MR) is 80.6 cm³/mol. The van der Waals surface area contributed by atoms with Crippen molar-refractivity contribution in [1.29, 1.82) is 0 Å². The number of hydrogen-bond acceptors (Lipinski definition) is 5. The minimum absolute atomic E-state index is 0.150. The molecule has 1 aromatic rings. The van der Waals surface area contributed by atoms with Crippen molar-refractivity contribution in [3.8, 4) is 11.5 Å². The molecule has 1 heterocycles. The minimum atomic E-state index is -3.66. The highest BCUT2D eigenvalue weighted by molar-refractivity contribution is 9.11. The van der Waals surface area contributed by atoms with Gasteiger partial charge in [-0.3, -0.25) is 4.79 Å². The maximum absolute atomic E-state index is 11.6. The summed E-state index contributed by atoms with van der Waals surface area (Å²) in [4.78, 5) is 11.6. The molecule has 110 valence electrons. The summed E-state index contributed by atoms with van der Waals surface area (Å²) < 4.78 is 33.7. The van der Waals surface area contributed by atoms with Crippen molar-refractivity contribution in [3.05, 3.63) is 20.6 Å². The fourth-order valence-electron chi connectivity index (χ4n) is 2.13. The van der Waals surface area contributed by atoms with E-state index >= 15 is 0 Å². The fraction of sp³-hybridized carbons (Fsp3) is 0.417. The summed E-state index contributed by atoms with van der Waals surface area (Å²) in [7, 11) is -3.66. The van der Waals surface area contributed by atoms with Crippen molar-refractivity contribution in [2.45, 2.75) is 25.7 Å². The lowest BCUT2D eigenvalue weighted by Crippen LogP contribution is -2.31. The molecule has 5 nitrogen and oxygen atoms in total. The lowest BCUT2D eigenvalue weighted by molar-refractivity contribution is -0.137. The highest BCUT2D eigenvalue weighted by Crippen LogP contribution is 2.50. The summed E-state index contributed by atoms with van der Waals surface area (Å²) in [5.74, 6) is 0.223. The number of carbonyl (C=O) groups excluding carboxylic acids is 1. The monoisotopic (exact) mass is 426 g/mol. The molecule has 0 saturated heterocycles. The van der Waals surface area contributed by atoms with Crippen LogP contribution in [0.5, 0.6) is 11.5 Å². The standard InChI is InChI=1S/C12H12Br2O5S/c1-12(2)5-8(15)18-7-4-6(13)11(10(14)9(7)12)19-20(3,16)17/h4H,5H2,1-3H3. The zero-order chi connectivity index (χ0) is 15.3. The number of ether oxygens (including phenoxy) is 1. The quantitative estimate of drug-likeness (QED) is 0.412. The molecule has 0 spiro atoms. The Morgan fingerprint density at radius 3 is 2.50 bits per heavy atom. The summed E-state index contributed by atoms with van der Waals surface area (Å²) >= 11 is 6.58. The molecule has 20 heavy (non-hydrogen) atoms. The molecule has 1 aliphatic rings. The van der Waals surface area contributed by atoms with Gasteiger partial charge in [-0.15, -0.1) is 0 Å². The summed E-state index contributed by atoms with van der Waals surface area (Å²) in [6, 6.07) is 1.54. The van der Waals surface area contributed by atoms with E-state index in [1.165, 1.54) is 0 Å². The van der Waals surface area contributed by atoms with Crippen LogP contribution in [0.1, 0.15) is 25.8 Å². The molecule has 1 aromatic carbocycles. The topological polar surface area (TPSA) is 69.7 Å². The molecule has 8 heteroatoms. The summed E-state index contributed by atoms with van der Waals surface area (Å²) in [5, 5.41) is 0. The SMILES string of the molecule is CC1(C)CC(=O)Oc2cc(Br)c(OS(C)(=O)=O)c(Br)c21. The molecule has 0 saturated carbocycles. The van der Waals surface area contributed by atoms with Gasteiger partial charge in [-0.1, -0.05) is 13.8 Å². The van der Waals surface area contributed by atoms with Crippen LogP contribution >= 0.6 is 31.9 Å². The van der Waals surface area contributed by atoms with Crippen LogP contribution in [0.2, 0.25) is 0 Å². The maximum atomic E-state index is 11.6. The van der Waals surface area contributed by atoms with E-state index in [1.54, 1.807) is 6.07 Å². The lowest BCUT2D eigenvalue weighted by atomic mass is 9.79. The van der Waals surface area contributed by atoms with E-state index in [0.29, 0.717) is 20.3 Å². The molecule has 0 bridgehead atoms. The fourth-order valence-corrected chi connectivity index (χ4v) is 4.60. The van der Waals surface area contributed by atoms with Gasteiger partial charge in [0.05, 0.1) is 21.6 Å². The third-order valence-electron chi connectivity index (χ3n) is 2.86. The third-order valence-corrected chi connectivity index (χ3v) is 4.68. The van der Waals surface area contributed by atoms with Gasteiger partial charge in [0.15, 0.2) is 5.75 Å². The van der Waals surface area contributed by atoms with Crippen LogP contribution in [-0.2, 0) is 20.3 Å². The number of rotatable bonds is 2. The Bertz CT molecular complexity index is 694. The number of esters is 1. The van der Waals surface area contributed by atoms with Crippen LogP contribution in [0.25, 0.3) is 0 Å². The first-order chi connectivity index (χ1) is 9.01. The largest absolute Gasteiger partial charge is 0.426 e. The normalized spacial score (nSPS) is 17.4. The van der Waals surface area contributed by atoms with Crippen molar-refractivity contribution in [2.24, 2.45) is 0 Å². The second kappa shape index (κ2) is 4.99. The van der Waals surface area contributed by atoms with Crippen LogP contribution in [0, 0.1) is 0 Å². The van der Waals surface area contributed by atoms with Gasteiger partial charge < -0.3 is 8.92 Å². The minimum Gasteiger partial charge on any atom is -0.426 e. The van der Waals surface area contributed by atoms with Gasteiger partial charge in [0.1, 0.15) is 5.75 Å². The molecule has 0 atom stereocenters. The number of benzene rings is 1. The third kappa shape index (κ3) is 3.01. The molecule has 0 unspecified atom stereocenters. The van der Waals surface area contributed by atoms with Gasteiger partial charge >= 0.3 is 16.1 Å². The first-order valence-corrected chi connectivity index (χ1v) is 9.04. The average molecular weight is 428 g/mol. The Morgan fingerprint density at radius 2 is 1.95 bits per heavy atom. The molecule has 1 aliphatic heterocycles. The molecule has 0 radical (unpaired) electrons. The van der Waals surface area contributed by atoms with Gasteiger partial charge in [-0.2, -0.15) is 8.42 Å². The van der Waals surface area contributed by atoms with E-state index in [9.17, 15) is 13.2 Å². The Morgan fingerprint density at radius 1 is 1.35 bits per heavy atom. The zero-order valence-corrected chi connectivity index (χ0v) is 15.0. The van der Waals surface area contributed by atoms with E-state index < -0.39 is 15.5 Å². The summed E-state index contributed by atoms with van der Waals surface area (Å²) in [6.45, 7) is 3.77. The van der Waals surface area contributed by atoms with E-state index in [4.69, 9.17) is 8.92 Å². The highest BCUT2D eigenvalue weighted by atomic mass is 79.9. The van der Waals surface area contributed by atoms with E-state index in [0.717, 1.165) is 6.26 Å². The number of hydrogen-bond donors (Lipinski definition) is 0. The molecular weight excluding hydrogens is 416 g/mol. The van der Waals surface area contributed by atoms with Gasteiger partial charge in [-0.05, 0) is 37.9 Å². The number of fused-ring (bicyclic) bond motifs is 1. The van der Waals surface area contributed by atoms with Crippen molar-refractivity contribution in [3.63, 3.8) is 0 Å². The zero-order valence-electron chi connectivity index (χ0n) is 11.0. The van der Waals surface area contributed by atoms with Gasteiger partial charge in [0.25, 0.3) is 0 Å². The molecule has 2 rings (SSSR count). The Kier molecular flexibility index (Phi) is 3.94. The molecule has 0 aromatic heterocycles. The smallest absolute Gasteiger partial charge is 0.312 e. The summed E-state index contributed by atoms with van der Waals surface area (Å²) in [6.07, 6.45) is 1.18. The van der Waals surface area contributed by atoms with Crippen LogP contribution < -0.4 is 8.92 Å². The molecule has 0 amide bonds. The van der Waals surface area contributed by atoms with Gasteiger partial charge in [0.2, 0.25) is 0 Å². The molecule has 0 N–H and O–H groups in total. The van der Waals surface area contributed by atoms with Crippen molar-refractivity contribution >= 4 is 47.9 Å². The number of halogens is 2. The molecular formula is C12H12Br2O5S. The van der Waals surface area contributed by atoms with E-state index in [-0.39, 0.29) is 18.1 Å². The van der Waals surface area contributed by atoms with Crippen molar-refractivity contribution in [1.82, 2.24) is 0 Å². The van der Waals surface area contributed by atoms with E-state index in [2.05, 4.69) is 31.9 Å². The van der Waals surface area contributed by atoms with Crippen LogP contribution in [0.3, 0.4) is 0 Å². The Hall–Kier alpha value is -0.600.